The number of nitrogens with one attached hydrogen (secondary N) is 2. The van der Waals surface area contributed by atoms with Gasteiger partial charge in [0.25, 0.3) is 0 Å². The molecule has 1 atom stereocenters. The van der Waals surface area contributed by atoms with Gasteiger partial charge in [-0.3, -0.25) is 19.4 Å². The summed E-state index contributed by atoms with van der Waals surface area (Å²) in [5.41, 5.74) is 4.40. The maximum atomic E-state index is 12.7. The summed E-state index contributed by atoms with van der Waals surface area (Å²) in [7, 11) is 0. The number of rotatable bonds is 7. The lowest BCUT2D eigenvalue weighted by atomic mass is 10.1. The van der Waals surface area contributed by atoms with Crippen molar-refractivity contribution in [1.29, 1.82) is 0 Å². The highest BCUT2D eigenvalue weighted by Crippen LogP contribution is 2.18. The topological polar surface area (TPSA) is 75.2 Å². The summed E-state index contributed by atoms with van der Waals surface area (Å²) in [6.45, 7) is 8.27. The quantitative estimate of drug-likeness (QED) is 0.538. The van der Waals surface area contributed by atoms with Gasteiger partial charge in [-0.15, -0.1) is 0 Å². The third kappa shape index (κ3) is 5.70. The highest BCUT2D eigenvalue weighted by molar-refractivity contribution is 7.71. The standard InChI is InChI=1S/C24H29N5O2S/c1-17-6-8-21(9-7-17)23-26-27-24(32)29(23)16-22(30)25-13-19-4-3-5-20(12-19)15-28-10-11-31-18(2)14-28/h3-9,12,18H,10-11,13-16H2,1-2H3,(H,25,30)(H,27,32). The van der Waals surface area contributed by atoms with Crippen molar-refractivity contribution >= 4 is 18.1 Å². The van der Waals surface area contributed by atoms with E-state index >= 15 is 0 Å². The number of amides is 1. The number of ether oxygens (including phenoxy) is 1. The van der Waals surface area contributed by atoms with E-state index in [9.17, 15) is 4.79 Å². The number of aryl methyl sites for hydroxylation is 1. The van der Waals surface area contributed by atoms with Crippen LogP contribution in [0.25, 0.3) is 11.4 Å². The Balaban J connectivity index is 1.36. The van der Waals surface area contributed by atoms with E-state index in [2.05, 4.69) is 39.5 Å². The van der Waals surface area contributed by atoms with E-state index in [1.165, 1.54) is 5.56 Å². The Morgan fingerprint density at radius 2 is 2.03 bits per heavy atom. The second-order valence-corrected chi connectivity index (χ2v) is 8.70. The average Bonchev–Trinajstić information content (AvgIpc) is 3.13. The smallest absolute Gasteiger partial charge is 0.240 e. The van der Waals surface area contributed by atoms with Gasteiger partial charge in [-0.05, 0) is 37.2 Å². The molecule has 2 heterocycles. The fourth-order valence-electron chi connectivity index (χ4n) is 3.92. The molecule has 7 nitrogen and oxygen atoms in total. The number of aromatic amines is 1. The monoisotopic (exact) mass is 451 g/mol. The zero-order valence-corrected chi connectivity index (χ0v) is 19.3. The van der Waals surface area contributed by atoms with E-state index in [0.29, 0.717) is 17.1 Å². The normalized spacial score (nSPS) is 16.8. The van der Waals surface area contributed by atoms with E-state index in [4.69, 9.17) is 17.0 Å². The van der Waals surface area contributed by atoms with Gasteiger partial charge in [0.15, 0.2) is 10.6 Å². The first-order chi connectivity index (χ1) is 15.5. The van der Waals surface area contributed by atoms with Crippen LogP contribution in [0.1, 0.15) is 23.6 Å². The summed E-state index contributed by atoms with van der Waals surface area (Å²) in [4.78, 5) is 15.1. The van der Waals surface area contributed by atoms with Gasteiger partial charge in [0, 0.05) is 31.7 Å². The number of carbonyl (C=O) groups is 1. The van der Waals surface area contributed by atoms with Crippen LogP contribution in [0.4, 0.5) is 0 Å². The van der Waals surface area contributed by atoms with Crippen LogP contribution in [0.15, 0.2) is 48.5 Å². The van der Waals surface area contributed by atoms with Gasteiger partial charge in [0.1, 0.15) is 6.54 Å². The van der Waals surface area contributed by atoms with Gasteiger partial charge in [-0.1, -0.05) is 54.1 Å². The van der Waals surface area contributed by atoms with Crippen LogP contribution in [0.3, 0.4) is 0 Å². The minimum Gasteiger partial charge on any atom is -0.376 e. The Hall–Kier alpha value is -2.81. The fourth-order valence-corrected chi connectivity index (χ4v) is 4.11. The molecule has 0 bridgehead atoms. The first-order valence-electron chi connectivity index (χ1n) is 10.9. The van der Waals surface area contributed by atoms with Crippen LogP contribution in [0.2, 0.25) is 0 Å². The third-order valence-electron chi connectivity index (χ3n) is 5.58. The van der Waals surface area contributed by atoms with Gasteiger partial charge < -0.3 is 10.1 Å². The first-order valence-corrected chi connectivity index (χ1v) is 11.3. The number of aromatic nitrogens is 3. The molecule has 1 saturated heterocycles. The van der Waals surface area contributed by atoms with Crippen LogP contribution in [0.5, 0.6) is 0 Å². The molecule has 0 aliphatic carbocycles. The molecule has 2 N–H and O–H groups in total. The van der Waals surface area contributed by atoms with Crippen LogP contribution in [-0.2, 0) is 29.2 Å². The second kappa shape index (κ2) is 10.2. The zero-order chi connectivity index (χ0) is 22.5. The molecule has 0 saturated carbocycles. The molecule has 1 amide bonds. The largest absolute Gasteiger partial charge is 0.376 e. The van der Waals surface area contributed by atoms with Crippen molar-refractivity contribution in [3.05, 3.63) is 70.0 Å². The molecule has 8 heteroatoms. The van der Waals surface area contributed by atoms with E-state index < -0.39 is 0 Å². The predicted octanol–water partition coefficient (Wildman–Crippen LogP) is 3.45. The molecule has 32 heavy (non-hydrogen) atoms. The second-order valence-electron chi connectivity index (χ2n) is 8.32. The molecule has 168 valence electrons. The molecule has 0 radical (unpaired) electrons. The highest BCUT2D eigenvalue weighted by Gasteiger charge is 2.17. The van der Waals surface area contributed by atoms with E-state index in [1.807, 2.05) is 43.3 Å². The van der Waals surface area contributed by atoms with Gasteiger partial charge in [0.2, 0.25) is 5.91 Å². The molecule has 1 aliphatic heterocycles. The molecule has 1 unspecified atom stereocenters. The lowest BCUT2D eigenvalue weighted by Gasteiger charge is -2.31. The molecule has 2 aromatic carbocycles. The summed E-state index contributed by atoms with van der Waals surface area (Å²) in [5.74, 6) is 0.551. The van der Waals surface area contributed by atoms with Crippen molar-refractivity contribution in [2.75, 3.05) is 19.7 Å². The lowest BCUT2D eigenvalue weighted by molar-refractivity contribution is -0.121. The number of morpholine rings is 1. The zero-order valence-electron chi connectivity index (χ0n) is 18.5. The Labute approximate surface area is 193 Å². The summed E-state index contributed by atoms with van der Waals surface area (Å²) < 4.78 is 7.78. The summed E-state index contributed by atoms with van der Waals surface area (Å²) in [5, 5.41) is 10.1. The van der Waals surface area contributed by atoms with E-state index in [0.717, 1.165) is 42.9 Å². The molecule has 0 spiro atoms. The molecule has 1 fully saturated rings. The van der Waals surface area contributed by atoms with Crippen molar-refractivity contribution in [2.24, 2.45) is 0 Å². The molecular formula is C24H29N5O2S. The highest BCUT2D eigenvalue weighted by atomic mass is 32.1. The number of benzene rings is 2. The molecular weight excluding hydrogens is 422 g/mol. The minimum atomic E-state index is -0.108. The Kier molecular flexibility index (Phi) is 7.14. The number of H-pyrrole nitrogens is 1. The van der Waals surface area contributed by atoms with Crippen LogP contribution >= 0.6 is 12.2 Å². The van der Waals surface area contributed by atoms with Gasteiger partial charge in [-0.25, -0.2) is 0 Å². The Bertz CT molecular complexity index is 1120. The minimum absolute atomic E-state index is 0.108. The molecule has 4 rings (SSSR count). The molecule has 3 aromatic rings. The van der Waals surface area contributed by atoms with Crippen molar-refractivity contribution in [2.45, 2.75) is 39.6 Å². The van der Waals surface area contributed by atoms with Gasteiger partial charge >= 0.3 is 0 Å². The summed E-state index contributed by atoms with van der Waals surface area (Å²) in [6.07, 6.45) is 0.269. The van der Waals surface area contributed by atoms with Gasteiger partial charge in [0.05, 0.1) is 12.7 Å². The van der Waals surface area contributed by atoms with Crippen molar-refractivity contribution in [3.8, 4) is 11.4 Å². The predicted molar refractivity (Wildman–Crippen MR) is 127 cm³/mol. The van der Waals surface area contributed by atoms with Crippen molar-refractivity contribution in [1.82, 2.24) is 25.0 Å². The van der Waals surface area contributed by atoms with E-state index in [1.54, 1.807) is 4.57 Å². The lowest BCUT2D eigenvalue weighted by Crippen LogP contribution is -2.40. The number of hydrogen-bond acceptors (Lipinski definition) is 5. The fraction of sp³-hybridized carbons (Fsp3) is 0.375. The maximum Gasteiger partial charge on any atom is 0.240 e. The molecule has 1 aromatic heterocycles. The van der Waals surface area contributed by atoms with Crippen LogP contribution < -0.4 is 5.32 Å². The Morgan fingerprint density at radius 3 is 2.81 bits per heavy atom. The summed E-state index contributed by atoms with van der Waals surface area (Å²) >= 11 is 5.35. The van der Waals surface area contributed by atoms with Gasteiger partial charge in [-0.2, -0.15) is 5.10 Å². The van der Waals surface area contributed by atoms with Crippen LogP contribution in [-0.4, -0.2) is 51.4 Å². The Morgan fingerprint density at radius 1 is 1.25 bits per heavy atom. The number of nitrogens with zero attached hydrogens (tertiary/aromatic N) is 3. The van der Waals surface area contributed by atoms with Crippen molar-refractivity contribution < 1.29 is 9.53 Å². The number of carbonyl (C=O) groups excluding carboxylic acids is 1. The molecule has 1 aliphatic rings. The number of hydrogen-bond donors (Lipinski definition) is 2. The summed E-state index contributed by atoms with van der Waals surface area (Å²) in [6, 6.07) is 16.4. The SMILES string of the molecule is Cc1ccc(-c2n[nH]c(=S)n2CC(=O)NCc2cccc(CN3CCOC(C)C3)c2)cc1. The van der Waals surface area contributed by atoms with Crippen molar-refractivity contribution in [3.63, 3.8) is 0 Å². The van der Waals surface area contributed by atoms with E-state index in [-0.39, 0.29) is 18.6 Å². The average molecular weight is 452 g/mol. The maximum absolute atomic E-state index is 12.7. The third-order valence-corrected chi connectivity index (χ3v) is 5.89. The first kappa shape index (κ1) is 22.4. The van der Waals surface area contributed by atoms with Crippen LogP contribution in [0, 0.1) is 11.7 Å².